The molecule has 5 heteroatoms. The van der Waals surface area contributed by atoms with Crippen LogP contribution < -0.4 is 5.32 Å². The molecule has 3 aromatic rings. The van der Waals surface area contributed by atoms with E-state index in [2.05, 4.69) is 15.3 Å². The van der Waals surface area contributed by atoms with E-state index in [4.69, 9.17) is 4.74 Å². The zero-order valence-corrected chi connectivity index (χ0v) is 14.7. The van der Waals surface area contributed by atoms with Gasteiger partial charge in [-0.1, -0.05) is 24.3 Å². The summed E-state index contributed by atoms with van der Waals surface area (Å²) in [5.74, 6) is 0.778. The van der Waals surface area contributed by atoms with E-state index in [1.165, 1.54) is 6.42 Å². The predicted octanol–water partition coefficient (Wildman–Crippen LogP) is 4.52. The summed E-state index contributed by atoms with van der Waals surface area (Å²) >= 11 is 0. The molecule has 1 aliphatic rings. The van der Waals surface area contributed by atoms with Crippen LogP contribution in [-0.2, 0) is 9.53 Å². The molecule has 1 unspecified atom stereocenters. The number of hydrogen-bond acceptors (Lipinski definition) is 3. The molecule has 134 valence electrons. The summed E-state index contributed by atoms with van der Waals surface area (Å²) in [5, 5.41) is 3.04. The summed E-state index contributed by atoms with van der Waals surface area (Å²) in [6.07, 6.45) is 4.86. The lowest BCUT2D eigenvalue weighted by Crippen LogP contribution is -2.21. The van der Waals surface area contributed by atoms with Crippen molar-refractivity contribution in [2.45, 2.75) is 38.2 Å². The van der Waals surface area contributed by atoms with Crippen molar-refractivity contribution in [3.8, 4) is 11.4 Å². The van der Waals surface area contributed by atoms with Crippen molar-refractivity contribution < 1.29 is 9.53 Å². The van der Waals surface area contributed by atoms with E-state index >= 15 is 0 Å². The number of benzene rings is 2. The lowest BCUT2D eigenvalue weighted by Gasteiger charge is -2.22. The first kappa shape index (κ1) is 16.8. The number of hydrogen-bond donors (Lipinski definition) is 2. The summed E-state index contributed by atoms with van der Waals surface area (Å²) in [4.78, 5) is 20.4. The molecule has 0 radical (unpaired) electrons. The number of amides is 1. The first-order valence-corrected chi connectivity index (χ1v) is 9.25. The Hall–Kier alpha value is -2.66. The molecule has 1 fully saturated rings. The van der Waals surface area contributed by atoms with Gasteiger partial charge in [-0.2, -0.15) is 0 Å². The number of para-hydroxylation sites is 3. The Bertz CT molecular complexity index is 864. The molecule has 1 aliphatic heterocycles. The van der Waals surface area contributed by atoms with Crippen LogP contribution in [0.25, 0.3) is 22.4 Å². The van der Waals surface area contributed by atoms with Crippen molar-refractivity contribution in [1.82, 2.24) is 9.97 Å². The molecule has 0 saturated carbocycles. The van der Waals surface area contributed by atoms with Gasteiger partial charge in [-0.25, -0.2) is 4.98 Å². The van der Waals surface area contributed by atoms with Crippen LogP contribution in [-0.4, -0.2) is 28.6 Å². The molecule has 0 spiro atoms. The topological polar surface area (TPSA) is 67.0 Å². The number of rotatable bonds is 5. The normalized spacial score (nSPS) is 17.3. The van der Waals surface area contributed by atoms with Crippen molar-refractivity contribution in [2.75, 3.05) is 11.9 Å². The van der Waals surface area contributed by atoms with Crippen LogP contribution in [0.15, 0.2) is 48.5 Å². The maximum atomic E-state index is 12.4. The minimum absolute atomic E-state index is 0.0164. The van der Waals surface area contributed by atoms with Gasteiger partial charge < -0.3 is 15.0 Å². The number of aromatic amines is 1. The summed E-state index contributed by atoms with van der Waals surface area (Å²) in [6, 6.07) is 15.7. The van der Waals surface area contributed by atoms with Gasteiger partial charge in [0.25, 0.3) is 0 Å². The first-order valence-electron chi connectivity index (χ1n) is 9.25. The highest BCUT2D eigenvalue weighted by molar-refractivity contribution is 5.95. The lowest BCUT2D eigenvalue weighted by atomic mass is 10.0. The van der Waals surface area contributed by atoms with E-state index in [1.807, 2.05) is 48.5 Å². The number of fused-ring (bicyclic) bond motifs is 1. The van der Waals surface area contributed by atoms with Crippen molar-refractivity contribution >= 4 is 22.6 Å². The SMILES string of the molecule is O=C(CCC1CCCCO1)Nc1ccccc1-c1nc2ccccc2[nH]1. The van der Waals surface area contributed by atoms with E-state index < -0.39 is 0 Å². The molecular formula is C21H23N3O2. The molecule has 1 aromatic heterocycles. The van der Waals surface area contributed by atoms with Crippen molar-refractivity contribution in [2.24, 2.45) is 0 Å². The van der Waals surface area contributed by atoms with Crippen LogP contribution in [0.4, 0.5) is 5.69 Å². The number of nitrogens with zero attached hydrogens (tertiary/aromatic N) is 1. The second-order valence-electron chi connectivity index (χ2n) is 6.72. The van der Waals surface area contributed by atoms with Gasteiger partial charge in [-0.15, -0.1) is 0 Å². The smallest absolute Gasteiger partial charge is 0.224 e. The number of ether oxygens (including phenoxy) is 1. The second kappa shape index (κ2) is 7.70. The first-order chi connectivity index (χ1) is 12.8. The minimum Gasteiger partial charge on any atom is -0.378 e. The van der Waals surface area contributed by atoms with Gasteiger partial charge in [0, 0.05) is 18.6 Å². The average Bonchev–Trinajstić information content (AvgIpc) is 3.12. The molecule has 26 heavy (non-hydrogen) atoms. The Balaban J connectivity index is 1.47. The summed E-state index contributed by atoms with van der Waals surface area (Å²) in [5.41, 5.74) is 3.57. The van der Waals surface area contributed by atoms with Gasteiger partial charge in [0.2, 0.25) is 5.91 Å². The van der Waals surface area contributed by atoms with Gasteiger partial charge in [-0.3, -0.25) is 4.79 Å². The molecule has 2 aromatic carbocycles. The fourth-order valence-corrected chi connectivity index (χ4v) is 3.42. The quantitative estimate of drug-likeness (QED) is 0.712. The molecule has 1 amide bonds. The Morgan fingerprint density at radius 3 is 2.85 bits per heavy atom. The summed E-state index contributed by atoms with van der Waals surface area (Å²) < 4.78 is 5.71. The molecule has 0 bridgehead atoms. The van der Waals surface area contributed by atoms with E-state index in [-0.39, 0.29) is 12.0 Å². The van der Waals surface area contributed by atoms with Crippen LogP contribution in [0.3, 0.4) is 0 Å². The predicted molar refractivity (Wildman–Crippen MR) is 103 cm³/mol. The number of carbonyl (C=O) groups excluding carboxylic acids is 1. The van der Waals surface area contributed by atoms with Crippen LogP contribution in [0.5, 0.6) is 0 Å². The van der Waals surface area contributed by atoms with E-state index in [0.29, 0.717) is 6.42 Å². The Labute approximate surface area is 152 Å². The fraction of sp³-hybridized carbons (Fsp3) is 0.333. The van der Waals surface area contributed by atoms with Gasteiger partial charge >= 0.3 is 0 Å². The van der Waals surface area contributed by atoms with Crippen LogP contribution in [0, 0.1) is 0 Å². The number of aromatic nitrogens is 2. The van der Waals surface area contributed by atoms with Crippen molar-refractivity contribution in [3.63, 3.8) is 0 Å². The van der Waals surface area contributed by atoms with Gasteiger partial charge in [0.05, 0.1) is 22.8 Å². The van der Waals surface area contributed by atoms with Gasteiger partial charge in [0.15, 0.2) is 0 Å². The van der Waals surface area contributed by atoms with E-state index in [1.54, 1.807) is 0 Å². The molecule has 2 N–H and O–H groups in total. The number of H-pyrrole nitrogens is 1. The van der Waals surface area contributed by atoms with Crippen molar-refractivity contribution in [1.29, 1.82) is 0 Å². The zero-order valence-electron chi connectivity index (χ0n) is 14.7. The largest absolute Gasteiger partial charge is 0.378 e. The number of imidazole rings is 1. The highest BCUT2D eigenvalue weighted by Crippen LogP contribution is 2.28. The third-order valence-corrected chi connectivity index (χ3v) is 4.81. The minimum atomic E-state index is 0.0164. The Morgan fingerprint density at radius 1 is 1.15 bits per heavy atom. The van der Waals surface area contributed by atoms with E-state index in [0.717, 1.165) is 54.0 Å². The summed E-state index contributed by atoms with van der Waals surface area (Å²) in [6.45, 7) is 0.821. The molecule has 5 nitrogen and oxygen atoms in total. The zero-order chi connectivity index (χ0) is 17.8. The average molecular weight is 349 g/mol. The van der Waals surface area contributed by atoms with Gasteiger partial charge in [0.1, 0.15) is 5.82 Å². The maximum absolute atomic E-state index is 12.4. The Morgan fingerprint density at radius 2 is 2.00 bits per heavy atom. The molecule has 1 saturated heterocycles. The van der Waals surface area contributed by atoms with Crippen LogP contribution in [0.1, 0.15) is 32.1 Å². The number of nitrogens with one attached hydrogen (secondary N) is 2. The molecule has 1 atom stereocenters. The standard InChI is InChI=1S/C21H23N3O2/c25-20(13-12-15-7-5-6-14-26-15)22-17-9-2-1-8-16(17)21-23-18-10-3-4-11-19(18)24-21/h1-4,8-11,15H,5-7,12-14H2,(H,22,25)(H,23,24). The summed E-state index contributed by atoms with van der Waals surface area (Å²) in [7, 11) is 0. The number of anilines is 1. The maximum Gasteiger partial charge on any atom is 0.224 e. The second-order valence-corrected chi connectivity index (χ2v) is 6.72. The lowest BCUT2D eigenvalue weighted by molar-refractivity contribution is -0.117. The fourth-order valence-electron chi connectivity index (χ4n) is 3.42. The molecule has 0 aliphatic carbocycles. The molecular weight excluding hydrogens is 326 g/mol. The highest BCUT2D eigenvalue weighted by Gasteiger charge is 2.16. The monoisotopic (exact) mass is 349 g/mol. The van der Waals surface area contributed by atoms with Crippen molar-refractivity contribution in [3.05, 3.63) is 48.5 Å². The van der Waals surface area contributed by atoms with Crippen LogP contribution in [0.2, 0.25) is 0 Å². The molecule has 2 heterocycles. The van der Waals surface area contributed by atoms with Crippen LogP contribution >= 0.6 is 0 Å². The third kappa shape index (κ3) is 3.78. The van der Waals surface area contributed by atoms with Gasteiger partial charge in [-0.05, 0) is 49.9 Å². The highest BCUT2D eigenvalue weighted by atomic mass is 16.5. The Kier molecular flexibility index (Phi) is 4.97. The molecule has 4 rings (SSSR count). The van der Waals surface area contributed by atoms with E-state index in [9.17, 15) is 4.79 Å². The number of carbonyl (C=O) groups is 1. The third-order valence-electron chi connectivity index (χ3n) is 4.81.